The second kappa shape index (κ2) is 5.23. The van der Waals surface area contributed by atoms with Gasteiger partial charge in [-0.3, -0.25) is 14.9 Å². The molecule has 1 heterocycles. The van der Waals surface area contributed by atoms with Crippen LogP contribution in [-0.4, -0.2) is 27.2 Å². The minimum Gasteiger partial charge on any atom is -0.502 e. The number of pyridine rings is 1. The Morgan fingerprint density at radius 1 is 1.48 bits per heavy atom. The van der Waals surface area contributed by atoms with Crippen LogP contribution < -0.4 is 5.56 Å². The molecule has 2 rings (SSSR count). The summed E-state index contributed by atoms with van der Waals surface area (Å²) in [5.41, 5.74) is -1.12. The zero-order chi connectivity index (χ0) is 15.7. The first kappa shape index (κ1) is 14.5. The summed E-state index contributed by atoms with van der Waals surface area (Å²) in [6.07, 6.45) is 0. The normalized spacial score (nSPS) is 10.6. The van der Waals surface area contributed by atoms with E-state index in [2.05, 4.69) is 0 Å². The largest absolute Gasteiger partial charge is 0.502 e. The fourth-order valence-corrected chi connectivity index (χ4v) is 2.04. The van der Waals surface area contributed by atoms with Gasteiger partial charge >= 0.3 is 5.97 Å². The third kappa shape index (κ3) is 2.31. The van der Waals surface area contributed by atoms with E-state index in [0.29, 0.717) is 0 Å². The molecule has 0 aliphatic heterocycles. The molecule has 0 aliphatic carbocycles. The molecule has 0 unspecified atom stereocenters. The fraction of sp³-hybridized carbons (Fsp3) is 0.231. The molecule has 8 nitrogen and oxygen atoms in total. The van der Waals surface area contributed by atoms with Crippen molar-refractivity contribution in [2.45, 2.75) is 6.92 Å². The molecule has 110 valence electrons. The molecule has 8 heteroatoms. The van der Waals surface area contributed by atoms with Crippen LogP contribution in [0.25, 0.3) is 10.9 Å². The van der Waals surface area contributed by atoms with Crippen LogP contribution in [0.15, 0.2) is 23.0 Å². The molecular weight excluding hydrogens is 280 g/mol. The number of carbonyl (C=O) groups is 1. The van der Waals surface area contributed by atoms with E-state index in [1.807, 2.05) is 0 Å². The van der Waals surface area contributed by atoms with E-state index in [1.165, 1.54) is 19.2 Å². The van der Waals surface area contributed by atoms with Gasteiger partial charge in [-0.05, 0) is 13.0 Å². The lowest BCUT2D eigenvalue weighted by Crippen LogP contribution is -2.21. The second-order valence-electron chi connectivity index (χ2n) is 4.27. The summed E-state index contributed by atoms with van der Waals surface area (Å²) < 4.78 is 5.90. The third-order valence-electron chi connectivity index (χ3n) is 3.05. The van der Waals surface area contributed by atoms with Crippen molar-refractivity contribution in [3.63, 3.8) is 0 Å². The molecule has 0 fully saturated rings. The van der Waals surface area contributed by atoms with Gasteiger partial charge in [0.05, 0.1) is 17.0 Å². The summed E-state index contributed by atoms with van der Waals surface area (Å²) >= 11 is 0. The molecule has 2 aromatic rings. The van der Waals surface area contributed by atoms with Gasteiger partial charge in [0, 0.05) is 24.6 Å². The van der Waals surface area contributed by atoms with Crippen LogP contribution in [-0.2, 0) is 11.8 Å². The van der Waals surface area contributed by atoms with Crippen LogP contribution in [0.2, 0.25) is 0 Å². The maximum Gasteiger partial charge on any atom is 0.342 e. The minimum atomic E-state index is -0.904. The van der Waals surface area contributed by atoms with Crippen molar-refractivity contribution in [1.82, 2.24) is 4.57 Å². The van der Waals surface area contributed by atoms with E-state index < -0.39 is 22.2 Å². The van der Waals surface area contributed by atoms with E-state index in [-0.39, 0.29) is 28.8 Å². The SMILES string of the molecule is CCOC(=O)c1c(O)c(=O)n(C)c2ccc([N+](=O)[O-])cc12. The first-order valence-corrected chi connectivity index (χ1v) is 6.05. The van der Waals surface area contributed by atoms with Gasteiger partial charge in [0.1, 0.15) is 5.56 Å². The van der Waals surface area contributed by atoms with Crippen molar-refractivity contribution in [2.24, 2.45) is 7.05 Å². The quantitative estimate of drug-likeness (QED) is 0.519. The van der Waals surface area contributed by atoms with Gasteiger partial charge in [0.15, 0.2) is 5.75 Å². The van der Waals surface area contributed by atoms with Gasteiger partial charge in [-0.25, -0.2) is 4.79 Å². The Labute approximate surface area is 118 Å². The van der Waals surface area contributed by atoms with Crippen LogP contribution in [0.4, 0.5) is 5.69 Å². The molecule has 0 radical (unpaired) electrons. The van der Waals surface area contributed by atoms with Crippen LogP contribution in [0.5, 0.6) is 5.75 Å². The number of hydrogen-bond donors (Lipinski definition) is 1. The molecule has 0 atom stereocenters. The average Bonchev–Trinajstić information content (AvgIpc) is 2.44. The number of aromatic hydroxyl groups is 1. The number of ether oxygens (including phenoxy) is 1. The summed E-state index contributed by atoms with van der Waals surface area (Å²) in [7, 11) is 1.39. The molecule has 0 saturated carbocycles. The topological polar surface area (TPSA) is 112 Å². The highest BCUT2D eigenvalue weighted by Gasteiger charge is 2.23. The van der Waals surface area contributed by atoms with Crippen LogP contribution in [0, 0.1) is 10.1 Å². The molecular formula is C13H12N2O6. The smallest absolute Gasteiger partial charge is 0.342 e. The number of rotatable bonds is 3. The molecule has 0 spiro atoms. The lowest BCUT2D eigenvalue weighted by atomic mass is 10.1. The van der Waals surface area contributed by atoms with E-state index >= 15 is 0 Å². The molecule has 1 aromatic carbocycles. The van der Waals surface area contributed by atoms with E-state index in [1.54, 1.807) is 6.92 Å². The predicted octanol–water partition coefficient (Wildman–Crippen LogP) is 1.33. The number of non-ortho nitro benzene ring substituents is 1. The first-order valence-electron chi connectivity index (χ1n) is 6.05. The second-order valence-corrected chi connectivity index (χ2v) is 4.27. The summed E-state index contributed by atoms with van der Waals surface area (Å²) in [6.45, 7) is 1.62. The summed E-state index contributed by atoms with van der Waals surface area (Å²) in [6, 6.07) is 3.69. The monoisotopic (exact) mass is 292 g/mol. The number of hydrogen-bond acceptors (Lipinski definition) is 6. The molecule has 0 saturated heterocycles. The number of benzene rings is 1. The molecule has 1 aromatic heterocycles. The summed E-state index contributed by atoms with van der Waals surface area (Å²) in [5.74, 6) is -1.69. The van der Waals surface area contributed by atoms with Gasteiger partial charge in [-0.15, -0.1) is 0 Å². The molecule has 0 aliphatic rings. The van der Waals surface area contributed by atoms with Crippen LogP contribution in [0.1, 0.15) is 17.3 Å². The fourth-order valence-electron chi connectivity index (χ4n) is 2.04. The standard InChI is InChI=1S/C13H12N2O6/c1-3-21-13(18)10-8-6-7(15(19)20)4-5-9(8)14(2)12(17)11(10)16/h4-6,16H,3H2,1-2H3. The maximum absolute atomic E-state index is 11.9. The van der Waals surface area contributed by atoms with Crippen molar-refractivity contribution >= 4 is 22.6 Å². The first-order chi connectivity index (χ1) is 9.88. The zero-order valence-corrected chi connectivity index (χ0v) is 11.3. The van der Waals surface area contributed by atoms with Crippen LogP contribution >= 0.6 is 0 Å². The van der Waals surface area contributed by atoms with Crippen molar-refractivity contribution in [1.29, 1.82) is 0 Å². The third-order valence-corrected chi connectivity index (χ3v) is 3.05. The maximum atomic E-state index is 11.9. The zero-order valence-electron chi connectivity index (χ0n) is 11.3. The van der Waals surface area contributed by atoms with Crippen molar-refractivity contribution in [3.8, 4) is 5.75 Å². The van der Waals surface area contributed by atoms with Crippen LogP contribution in [0.3, 0.4) is 0 Å². The number of fused-ring (bicyclic) bond motifs is 1. The Morgan fingerprint density at radius 2 is 2.14 bits per heavy atom. The lowest BCUT2D eigenvalue weighted by Gasteiger charge is -2.11. The Hall–Kier alpha value is -2.90. The highest BCUT2D eigenvalue weighted by atomic mass is 16.6. The van der Waals surface area contributed by atoms with E-state index in [9.17, 15) is 24.8 Å². The summed E-state index contributed by atoms with van der Waals surface area (Å²) in [4.78, 5) is 34.0. The number of nitro groups is 1. The van der Waals surface area contributed by atoms with Crippen molar-refractivity contribution < 1.29 is 19.6 Å². The van der Waals surface area contributed by atoms with Gasteiger partial charge in [0.2, 0.25) is 0 Å². The van der Waals surface area contributed by atoms with Gasteiger partial charge in [-0.2, -0.15) is 0 Å². The average molecular weight is 292 g/mol. The Balaban J connectivity index is 2.92. The number of nitrogens with zero attached hydrogens (tertiary/aromatic N) is 2. The van der Waals surface area contributed by atoms with Gasteiger partial charge < -0.3 is 14.4 Å². The molecule has 0 amide bonds. The van der Waals surface area contributed by atoms with Crippen molar-refractivity contribution in [2.75, 3.05) is 6.61 Å². The Kier molecular flexibility index (Phi) is 3.62. The predicted molar refractivity (Wildman–Crippen MR) is 73.5 cm³/mol. The van der Waals surface area contributed by atoms with E-state index in [0.717, 1.165) is 10.6 Å². The Morgan fingerprint density at radius 3 is 2.71 bits per heavy atom. The minimum absolute atomic E-state index is 0.0455. The number of aromatic nitrogens is 1. The highest BCUT2D eigenvalue weighted by Crippen LogP contribution is 2.27. The van der Waals surface area contributed by atoms with Gasteiger partial charge in [-0.1, -0.05) is 0 Å². The molecule has 1 N–H and O–H groups in total. The molecule has 21 heavy (non-hydrogen) atoms. The number of nitro benzene ring substituents is 1. The van der Waals surface area contributed by atoms with E-state index in [4.69, 9.17) is 4.74 Å². The van der Waals surface area contributed by atoms with Gasteiger partial charge in [0.25, 0.3) is 11.2 Å². The Bertz CT molecular complexity index is 808. The number of aryl methyl sites for hydroxylation is 1. The number of esters is 1. The van der Waals surface area contributed by atoms with Crippen molar-refractivity contribution in [3.05, 3.63) is 44.2 Å². The number of carbonyl (C=O) groups excluding carboxylic acids is 1. The highest BCUT2D eigenvalue weighted by molar-refractivity contribution is 6.06. The lowest BCUT2D eigenvalue weighted by molar-refractivity contribution is -0.384. The summed E-state index contributed by atoms with van der Waals surface area (Å²) in [5, 5.41) is 20.8. The molecule has 0 bridgehead atoms.